The van der Waals surface area contributed by atoms with E-state index in [1.54, 1.807) is 18.2 Å². The molecule has 0 atom stereocenters. The highest BCUT2D eigenvalue weighted by Crippen LogP contribution is 2.28. The summed E-state index contributed by atoms with van der Waals surface area (Å²) in [5, 5.41) is 5.58. The lowest BCUT2D eigenvalue weighted by Gasteiger charge is -2.21. The minimum atomic E-state index is -0.304. The van der Waals surface area contributed by atoms with Crippen molar-refractivity contribution < 1.29 is 19.1 Å². The van der Waals surface area contributed by atoms with Crippen LogP contribution in [0.5, 0.6) is 11.5 Å². The first-order chi connectivity index (χ1) is 12.6. The summed E-state index contributed by atoms with van der Waals surface area (Å²) in [5.41, 5.74) is 0.442. The molecular weight excluding hydrogens is 332 g/mol. The summed E-state index contributed by atoms with van der Waals surface area (Å²) in [5.74, 6) is 1.25. The second-order valence-electron chi connectivity index (χ2n) is 6.52. The number of benzene rings is 1. The minimum Gasteiger partial charge on any atom is -0.490 e. The van der Waals surface area contributed by atoms with Crippen LogP contribution in [0, 0.1) is 5.92 Å². The zero-order valence-corrected chi connectivity index (χ0v) is 15.8. The molecule has 0 spiro atoms. The van der Waals surface area contributed by atoms with Gasteiger partial charge in [0.15, 0.2) is 11.5 Å². The van der Waals surface area contributed by atoms with E-state index in [0.29, 0.717) is 42.7 Å². The van der Waals surface area contributed by atoms with Gasteiger partial charge in [0.05, 0.1) is 19.8 Å². The van der Waals surface area contributed by atoms with Gasteiger partial charge >= 0.3 is 0 Å². The van der Waals surface area contributed by atoms with Gasteiger partial charge in [0.2, 0.25) is 5.91 Å². The third-order valence-corrected chi connectivity index (χ3v) is 4.53. The normalized spacial score (nSPS) is 14.5. The van der Waals surface area contributed by atoms with Crippen LogP contribution in [0.25, 0.3) is 0 Å². The highest BCUT2D eigenvalue weighted by molar-refractivity contribution is 5.97. The molecule has 2 rings (SSSR count). The van der Waals surface area contributed by atoms with Gasteiger partial charge in [-0.05, 0) is 50.8 Å². The Kier molecular flexibility index (Phi) is 8.25. The molecule has 1 fully saturated rings. The third kappa shape index (κ3) is 6.24. The van der Waals surface area contributed by atoms with E-state index in [2.05, 4.69) is 10.6 Å². The Hall–Kier alpha value is -2.24. The number of rotatable bonds is 9. The van der Waals surface area contributed by atoms with E-state index in [-0.39, 0.29) is 18.4 Å². The zero-order valence-electron chi connectivity index (χ0n) is 15.8. The van der Waals surface area contributed by atoms with E-state index < -0.39 is 0 Å². The molecule has 2 amide bonds. The van der Waals surface area contributed by atoms with E-state index in [9.17, 15) is 9.59 Å². The fourth-order valence-electron chi connectivity index (χ4n) is 3.17. The molecule has 6 nitrogen and oxygen atoms in total. The topological polar surface area (TPSA) is 76.7 Å². The Morgan fingerprint density at radius 1 is 1.00 bits per heavy atom. The largest absolute Gasteiger partial charge is 0.490 e. The van der Waals surface area contributed by atoms with Gasteiger partial charge < -0.3 is 20.1 Å². The molecule has 0 aliphatic heterocycles. The Morgan fingerprint density at radius 2 is 1.69 bits per heavy atom. The van der Waals surface area contributed by atoms with Gasteiger partial charge in [-0.3, -0.25) is 9.59 Å². The van der Waals surface area contributed by atoms with Gasteiger partial charge in [-0.1, -0.05) is 19.3 Å². The Bertz CT molecular complexity index is 597. The van der Waals surface area contributed by atoms with E-state index in [0.717, 1.165) is 0 Å². The van der Waals surface area contributed by atoms with Gasteiger partial charge in [-0.2, -0.15) is 0 Å². The van der Waals surface area contributed by atoms with Crippen LogP contribution in [-0.2, 0) is 4.79 Å². The quantitative estimate of drug-likeness (QED) is 0.708. The predicted molar refractivity (Wildman–Crippen MR) is 101 cm³/mol. The highest BCUT2D eigenvalue weighted by Gasteiger charge is 2.15. The van der Waals surface area contributed by atoms with E-state index in [1.165, 1.54) is 32.1 Å². The van der Waals surface area contributed by atoms with Crippen molar-refractivity contribution in [3.05, 3.63) is 23.8 Å². The van der Waals surface area contributed by atoms with Crippen molar-refractivity contribution in [3.63, 3.8) is 0 Å². The van der Waals surface area contributed by atoms with Crippen molar-refractivity contribution in [1.82, 2.24) is 10.6 Å². The third-order valence-electron chi connectivity index (χ3n) is 4.53. The molecule has 1 aliphatic carbocycles. The molecule has 1 aliphatic rings. The molecule has 26 heavy (non-hydrogen) atoms. The Morgan fingerprint density at radius 3 is 2.38 bits per heavy atom. The second-order valence-corrected chi connectivity index (χ2v) is 6.52. The maximum absolute atomic E-state index is 12.3. The van der Waals surface area contributed by atoms with Gasteiger partial charge in [-0.25, -0.2) is 0 Å². The van der Waals surface area contributed by atoms with Crippen LogP contribution in [-0.4, -0.2) is 38.1 Å². The first kappa shape index (κ1) is 20.1. The minimum absolute atomic E-state index is 0.0251. The van der Waals surface area contributed by atoms with Crippen molar-refractivity contribution in [2.45, 2.75) is 46.0 Å². The van der Waals surface area contributed by atoms with E-state index >= 15 is 0 Å². The van der Waals surface area contributed by atoms with Crippen LogP contribution in [0.2, 0.25) is 0 Å². The lowest BCUT2D eigenvalue weighted by atomic mass is 9.89. The molecule has 2 N–H and O–H groups in total. The smallest absolute Gasteiger partial charge is 0.251 e. The van der Waals surface area contributed by atoms with Gasteiger partial charge in [-0.15, -0.1) is 0 Å². The molecule has 1 saturated carbocycles. The van der Waals surface area contributed by atoms with Crippen LogP contribution in [0.3, 0.4) is 0 Å². The summed E-state index contributed by atoms with van der Waals surface area (Å²) >= 11 is 0. The van der Waals surface area contributed by atoms with Gasteiger partial charge in [0, 0.05) is 12.1 Å². The lowest BCUT2D eigenvalue weighted by molar-refractivity contribution is -0.120. The molecule has 0 saturated heterocycles. The van der Waals surface area contributed by atoms with Gasteiger partial charge in [0.25, 0.3) is 5.91 Å². The number of ether oxygens (including phenoxy) is 2. The van der Waals surface area contributed by atoms with Crippen molar-refractivity contribution >= 4 is 11.8 Å². The van der Waals surface area contributed by atoms with Crippen LogP contribution in [0.4, 0.5) is 0 Å². The summed E-state index contributed by atoms with van der Waals surface area (Å²) in [7, 11) is 0. The SMILES string of the molecule is CCOc1ccc(C(=O)NCC(=O)NCC2CCCCC2)cc1OCC. The number of hydrogen-bond acceptors (Lipinski definition) is 4. The summed E-state index contributed by atoms with van der Waals surface area (Å²) in [6, 6.07) is 5.03. The lowest BCUT2D eigenvalue weighted by Crippen LogP contribution is -2.39. The maximum atomic E-state index is 12.3. The monoisotopic (exact) mass is 362 g/mol. The summed E-state index contributed by atoms with van der Waals surface area (Å²) in [6.45, 7) is 5.44. The second kappa shape index (κ2) is 10.7. The number of hydrogen-bond donors (Lipinski definition) is 2. The number of nitrogens with one attached hydrogen (secondary N) is 2. The standard InChI is InChI=1S/C20H30N2O4/c1-3-25-17-11-10-16(12-18(17)26-4-2)20(24)22-14-19(23)21-13-15-8-6-5-7-9-15/h10-12,15H,3-9,13-14H2,1-2H3,(H,21,23)(H,22,24). The van der Waals surface area contributed by atoms with Crippen molar-refractivity contribution in [3.8, 4) is 11.5 Å². The predicted octanol–water partition coefficient (Wildman–Crippen LogP) is 2.91. The van der Waals surface area contributed by atoms with E-state index in [1.807, 2.05) is 13.8 Å². The first-order valence-corrected chi connectivity index (χ1v) is 9.58. The van der Waals surface area contributed by atoms with Crippen LogP contribution >= 0.6 is 0 Å². The molecule has 0 bridgehead atoms. The molecule has 1 aromatic carbocycles. The molecule has 6 heteroatoms. The fraction of sp³-hybridized carbons (Fsp3) is 0.600. The Labute approximate surface area is 155 Å². The average Bonchev–Trinajstić information content (AvgIpc) is 2.67. The van der Waals surface area contributed by atoms with Crippen molar-refractivity contribution in [2.24, 2.45) is 5.92 Å². The van der Waals surface area contributed by atoms with E-state index in [4.69, 9.17) is 9.47 Å². The molecule has 0 radical (unpaired) electrons. The number of carbonyl (C=O) groups excluding carboxylic acids is 2. The average molecular weight is 362 g/mol. The molecule has 1 aromatic rings. The molecular formula is C20H30N2O4. The maximum Gasteiger partial charge on any atom is 0.251 e. The fourth-order valence-corrected chi connectivity index (χ4v) is 3.17. The summed E-state index contributed by atoms with van der Waals surface area (Å²) in [4.78, 5) is 24.3. The van der Waals surface area contributed by atoms with Crippen molar-refractivity contribution in [2.75, 3.05) is 26.3 Å². The van der Waals surface area contributed by atoms with Crippen LogP contribution in [0.1, 0.15) is 56.3 Å². The van der Waals surface area contributed by atoms with Gasteiger partial charge in [0.1, 0.15) is 0 Å². The number of carbonyl (C=O) groups is 2. The summed E-state index contributed by atoms with van der Waals surface area (Å²) in [6.07, 6.45) is 6.15. The first-order valence-electron chi connectivity index (χ1n) is 9.58. The van der Waals surface area contributed by atoms with Crippen molar-refractivity contribution in [1.29, 1.82) is 0 Å². The van der Waals surface area contributed by atoms with Crippen LogP contribution in [0.15, 0.2) is 18.2 Å². The molecule has 144 valence electrons. The number of amides is 2. The molecule has 0 aromatic heterocycles. The highest BCUT2D eigenvalue weighted by atomic mass is 16.5. The molecule has 0 unspecified atom stereocenters. The zero-order chi connectivity index (χ0) is 18.8. The summed E-state index contributed by atoms with van der Waals surface area (Å²) < 4.78 is 11.0. The molecule has 0 heterocycles. The van der Waals surface area contributed by atoms with Crippen LogP contribution < -0.4 is 20.1 Å². The Balaban J connectivity index is 1.82.